The van der Waals surface area contributed by atoms with E-state index in [2.05, 4.69) is 15.3 Å². The van der Waals surface area contributed by atoms with E-state index in [1.54, 1.807) is 13.0 Å². The summed E-state index contributed by atoms with van der Waals surface area (Å²) in [5.74, 6) is -0.312. The van der Waals surface area contributed by atoms with Crippen LogP contribution in [-0.4, -0.2) is 33.1 Å². The van der Waals surface area contributed by atoms with Gasteiger partial charge in [0.2, 0.25) is 5.28 Å². The molecule has 1 aliphatic carbocycles. The minimum atomic E-state index is -0.471. The van der Waals surface area contributed by atoms with Crippen LogP contribution in [0.2, 0.25) is 5.28 Å². The first-order chi connectivity index (χ1) is 8.56. The number of aromatic nitrogens is 2. The molecule has 1 amide bonds. The van der Waals surface area contributed by atoms with Gasteiger partial charge in [0.1, 0.15) is 5.69 Å². The molecule has 1 fully saturated rings. The number of carbonyl (C=O) groups is 1. The molecular formula is C12H16ClN3O2. The minimum absolute atomic E-state index is 0.0596. The number of hydrogen-bond donors (Lipinski definition) is 2. The topological polar surface area (TPSA) is 75.1 Å². The van der Waals surface area contributed by atoms with Gasteiger partial charge in [-0.3, -0.25) is 4.79 Å². The molecule has 1 saturated carbocycles. The standard InChI is InChI=1S/C12H16ClN3O2/c1-7-6-9(16-12(13)14-7)11(18)15-8-4-2-3-5-10(8)17/h6,8,10,17H,2-5H2,1H3,(H,15,18)/t8-,10-/m1/s1. The van der Waals surface area contributed by atoms with Crippen LogP contribution in [0.15, 0.2) is 6.07 Å². The van der Waals surface area contributed by atoms with Crippen molar-refractivity contribution in [2.45, 2.75) is 44.8 Å². The Kier molecular flexibility index (Phi) is 4.14. The van der Waals surface area contributed by atoms with Gasteiger partial charge in [-0.1, -0.05) is 12.8 Å². The summed E-state index contributed by atoms with van der Waals surface area (Å²) in [5.41, 5.74) is 0.884. The number of halogens is 1. The van der Waals surface area contributed by atoms with Crippen LogP contribution in [0.3, 0.4) is 0 Å². The molecule has 98 valence electrons. The Labute approximate surface area is 111 Å². The molecule has 0 bridgehead atoms. The van der Waals surface area contributed by atoms with Crippen molar-refractivity contribution in [1.82, 2.24) is 15.3 Å². The quantitative estimate of drug-likeness (QED) is 0.798. The summed E-state index contributed by atoms with van der Waals surface area (Å²) in [5, 5.41) is 12.7. The smallest absolute Gasteiger partial charge is 0.270 e. The van der Waals surface area contributed by atoms with Crippen molar-refractivity contribution >= 4 is 17.5 Å². The fraction of sp³-hybridized carbons (Fsp3) is 0.583. The van der Waals surface area contributed by atoms with Crippen LogP contribution in [0.1, 0.15) is 41.9 Å². The van der Waals surface area contributed by atoms with E-state index in [0.717, 1.165) is 25.7 Å². The Morgan fingerprint density at radius 2 is 2.17 bits per heavy atom. The van der Waals surface area contributed by atoms with Gasteiger partial charge in [0, 0.05) is 5.69 Å². The highest BCUT2D eigenvalue weighted by molar-refractivity contribution is 6.28. The van der Waals surface area contributed by atoms with Crippen LogP contribution in [0, 0.1) is 6.92 Å². The van der Waals surface area contributed by atoms with Crippen LogP contribution in [0.25, 0.3) is 0 Å². The summed E-state index contributed by atoms with van der Waals surface area (Å²) in [6.45, 7) is 1.75. The van der Waals surface area contributed by atoms with Crippen LogP contribution in [-0.2, 0) is 0 Å². The van der Waals surface area contributed by atoms with Gasteiger partial charge in [-0.15, -0.1) is 0 Å². The van der Waals surface area contributed by atoms with Crippen molar-refractivity contribution in [3.8, 4) is 0 Å². The first-order valence-corrected chi connectivity index (χ1v) is 6.44. The van der Waals surface area contributed by atoms with Gasteiger partial charge in [0.15, 0.2) is 0 Å². The Hall–Kier alpha value is -1.20. The summed E-state index contributed by atoms with van der Waals surface area (Å²) in [6.07, 6.45) is 3.08. The maximum atomic E-state index is 12.0. The average Bonchev–Trinajstić information content (AvgIpc) is 2.31. The minimum Gasteiger partial charge on any atom is -0.391 e. The van der Waals surface area contributed by atoms with Crippen LogP contribution < -0.4 is 5.32 Å². The van der Waals surface area contributed by atoms with Crippen molar-refractivity contribution in [3.63, 3.8) is 0 Å². The van der Waals surface area contributed by atoms with E-state index in [4.69, 9.17) is 11.6 Å². The molecule has 1 aromatic rings. The Morgan fingerprint density at radius 3 is 2.83 bits per heavy atom. The molecule has 2 atom stereocenters. The third kappa shape index (κ3) is 3.17. The van der Waals surface area contributed by atoms with E-state index in [1.165, 1.54) is 0 Å². The third-order valence-electron chi connectivity index (χ3n) is 3.11. The lowest BCUT2D eigenvalue weighted by molar-refractivity contribution is 0.0713. The second kappa shape index (κ2) is 5.63. The Bertz CT molecular complexity index is 433. The largest absolute Gasteiger partial charge is 0.391 e. The van der Waals surface area contributed by atoms with Crippen molar-refractivity contribution in [1.29, 1.82) is 0 Å². The van der Waals surface area contributed by atoms with Gasteiger partial charge in [0.05, 0.1) is 12.1 Å². The number of carbonyl (C=O) groups excluding carboxylic acids is 1. The van der Waals surface area contributed by atoms with E-state index < -0.39 is 6.10 Å². The van der Waals surface area contributed by atoms with Gasteiger partial charge in [-0.2, -0.15) is 0 Å². The highest BCUT2D eigenvalue weighted by Gasteiger charge is 2.25. The summed E-state index contributed by atoms with van der Waals surface area (Å²) in [4.78, 5) is 19.8. The zero-order valence-electron chi connectivity index (χ0n) is 10.2. The van der Waals surface area contributed by atoms with Gasteiger partial charge in [-0.25, -0.2) is 9.97 Å². The van der Waals surface area contributed by atoms with Crippen LogP contribution >= 0.6 is 11.6 Å². The van der Waals surface area contributed by atoms with Gasteiger partial charge in [-0.05, 0) is 37.4 Å². The monoisotopic (exact) mass is 269 g/mol. The van der Waals surface area contributed by atoms with E-state index in [9.17, 15) is 9.90 Å². The molecule has 0 saturated heterocycles. The number of hydrogen-bond acceptors (Lipinski definition) is 4. The maximum Gasteiger partial charge on any atom is 0.270 e. The second-order valence-electron chi connectivity index (χ2n) is 4.60. The normalized spacial score (nSPS) is 23.7. The fourth-order valence-corrected chi connectivity index (χ4v) is 2.39. The number of aliphatic hydroxyl groups excluding tert-OH is 1. The molecule has 2 N–H and O–H groups in total. The lowest BCUT2D eigenvalue weighted by atomic mass is 9.92. The molecule has 0 radical (unpaired) electrons. The molecule has 1 aromatic heterocycles. The number of aryl methyl sites for hydroxylation is 1. The van der Waals surface area contributed by atoms with Crippen molar-refractivity contribution in [2.75, 3.05) is 0 Å². The fourth-order valence-electron chi connectivity index (χ4n) is 2.17. The number of aliphatic hydroxyl groups is 1. The highest BCUT2D eigenvalue weighted by atomic mass is 35.5. The lowest BCUT2D eigenvalue weighted by Crippen LogP contribution is -2.45. The Balaban J connectivity index is 2.06. The molecule has 0 unspecified atom stereocenters. The summed E-state index contributed by atoms with van der Waals surface area (Å²) < 4.78 is 0. The van der Waals surface area contributed by atoms with Gasteiger partial charge >= 0.3 is 0 Å². The van der Waals surface area contributed by atoms with E-state index in [0.29, 0.717) is 5.69 Å². The summed E-state index contributed by atoms with van der Waals surface area (Å²) in [7, 11) is 0. The first-order valence-electron chi connectivity index (χ1n) is 6.06. The molecular weight excluding hydrogens is 254 g/mol. The molecule has 0 aliphatic heterocycles. The predicted octanol–water partition coefficient (Wildman–Crippen LogP) is 1.47. The molecule has 2 rings (SSSR count). The molecule has 1 heterocycles. The van der Waals surface area contributed by atoms with E-state index in [-0.39, 0.29) is 22.9 Å². The molecule has 6 heteroatoms. The van der Waals surface area contributed by atoms with Crippen molar-refractivity contribution in [3.05, 3.63) is 22.7 Å². The molecule has 0 aromatic carbocycles. The zero-order valence-corrected chi connectivity index (χ0v) is 10.9. The average molecular weight is 270 g/mol. The van der Waals surface area contributed by atoms with E-state index >= 15 is 0 Å². The number of rotatable bonds is 2. The molecule has 5 nitrogen and oxygen atoms in total. The van der Waals surface area contributed by atoms with Crippen molar-refractivity contribution < 1.29 is 9.90 Å². The van der Waals surface area contributed by atoms with Crippen LogP contribution in [0.4, 0.5) is 0 Å². The van der Waals surface area contributed by atoms with Gasteiger partial charge in [0.25, 0.3) is 5.91 Å². The lowest BCUT2D eigenvalue weighted by Gasteiger charge is -2.28. The summed E-state index contributed by atoms with van der Waals surface area (Å²) in [6, 6.07) is 1.39. The maximum absolute atomic E-state index is 12.0. The molecule has 0 spiro atoms. The number of amides is 1. The van der Waals surface area contributed by atoms with E-state index in [1.807, 2.05) is 0 Å². The molecule has 18 heavy (non-hydrogen) atoms. The molecule has 1 aliphatic rings. The first kappa shape index (κ1) is 13.2. The SMILES string of the molecule is Cc1cc(C(=O)N[C@@H]2CCCC[C@H]2O)nc(Cl)n1. The van der Waals surface area contributed by atoms with Gasteiger partial charge < -0.3 is 10.4 Å². The van der Waals surface area contributed by atoms with Crippen molar-refractivity contribution in [2.24, 2.45) is 0 Å². The third-order valence-corrected chi connectivity index (χ3v) is 3.27. The summed E-state index contributed by atoms with van der Waals surface area (Å²) >= 11 is 5.71. The second-order valence-corrected chi connectivity index (χ2v) is 4.93. The highest BCUT2D eigenvalue weighted by Crippen LogP contribution is 2.18. The number of nitrogens with one attached hydrogen (secondary N) is 1. The zero-order chi connectivity index (χ0) is 13.1. The van der Waals surface area contributed by atoms with Crippen LogP contribution in [0.5, 0.6) is 0 Å². The Morgan fingerprint density at radius 1 is 1.44 bits per heavy atom. The number of nitrogens with zero attached hydrogens (tertiary/aromatic N) is 2. The predicted molar refractivity (Wildman–Crippen MR) is 67.5 cm³/mol.